The molecular formula is C13H20FNO. The molecule has 0 fully saturated rings. The number of benzene rings is 1. The maximum Gasteiger partial charge on any atom is 0.127 e. The highest BCUT2D eigenvalue weighted by molar-refractivity contribution is 5.16. The second-order valence-electron chi connectivity index (χ2n) is 3.67. The van der Waals surface area contributed by atoms with Gasteiger partial charge in [0.15, 0.2) is 0 Å². The van der Waals surface area contributed by atoms with Gasteiger partial charge in [0.1, 0.15) is 5.82 Å². The molecule has 0 aliphatic heterocycles. The minimum Gasteiger partial charge on any atom is -0.382 e. The number of unbranched alkanes of at least 4 members (excludes halogenated alkanes) is 1. The van der Waals surface area contributed by atoms with E-state index in [4.69, 9.17) is 4.74 Å². The molecule has 0 amide bonds. The van der Waals surface area contributed by atoms with Crippen molar-refractivity contribution in [2.45, 2.75) is 26.3 Å². The quantitative estimate of drug-likeness (QED) is 0.687. The van der Waals surface area contributed by atoms with E-state index in [1.165, 1.54) is 6.07 Å². The molecule has 0 saturated carbocycles. The Morgan fingerprint density at radius 1 is 1.25 bits per heavy atom. The number of nitrogens with one attached hydrogen (secondary N) is 1. The van der Waals surface area contributed by atoms with Crippen LogP contribution in [0, 0.1) is 5.82 Å². The van der Waals surface area contributed by atoms with Crippen molar-refractivity contribution in [3.05, 3.63) is 35.6 Å². The lowest BCUT2D eigenvalue weighted by molar-refractivity contribution is 0.143. The molecule has 0 atom stereocenters. The average molecular weight is 225 g/mol. The van der Waals surface area contributed by atoms with Crippen LogP contribution in [0.5, 0.6) is 0 Å². The number of halogens is 1. The molecule has 16 heavy (non-hydrogen) atoms. The van der Waals surface area contributed by atoms with Crippen molar-refractivity contribution in [1.29, 1.82) is 0 Å². The Balaban J connectivity index is 2.05. The Labute approximate surface area is 96.8 Å². The van der Waals surface area contributed by atoms with Crippen LogP contribution in [0.15, 0.2) is 24.3 Å². The maximum atomic E-state index is 13.2. The van der Waals surface area contributed by atoms with E-state index in [-0.39, 0.29) is 5.82 Å². The minimum atomic E-state index is -0.135. The number of rotatable bonds is 8. The van der Waals surface area contributed by atoms with E-state index in [2.05, 4.69) is 5.32 Å². The van der Waals surface area contributed by atoms with Crippen LogP contribution in [0.4, 0.5) is 4.39 Å². The van der Waals surface area contributed by atoms with Crippen LogP contribution in [-0.2, 0) is 11.3 Å². The average Bonchev–Trinajstić information content (AvgIpc) is 2.30. The molecule has 1 N–H and O–H groups in total. The van der Waals surface area contributed by atoms with Crippen LogP contribution >= 0.6 is 0 Å². The summed E-state index contributed by atoms with van der Waals surface area (Å²) in [4.78, 5) is 0. The van der Waals surface area contributed by atoms with Crippen LogP contribution in [-0.4, -0.2) is 19.8 Å². The van der Waals surface area contributed by atoms with Gasteiger partial charge in [0, 0.05) is 25.3 Å². The van der Waals surface area contributed by atoms with E-state index in [9.17, 15) is 4.39 Å². The summed E-state index contributed by atoms with van der Waals surface area (Å²) in [6, 6.07) is 6.87. The smallest absolute Gasteiger partial charge is 0.127 e. The molecule has 3 heteroatoms. The molecule has 1 rings (SSSR count). The van der Waals surface area contributed by atoms with Gasteiger partial charge < -0.3 is 10.1 Å². The summed E-state index contributed by atoms with van der Waals surface area (Å²) in [6.07, 6.45) is 2.12. The highest BCUT2D eigenvalue weighted by atomic mass is 19.1. The Morgan fingerprint density at radius 2 is 2.06 bits per heavy atom. The summed E-state index contributed by atoms with van der Waals surface area (Å²) in [5.41, 5.74) is 0.729. The fourth-order valence-corrected chi connectivity index (χ4v) is 1.46. The molecule has 0 bridgehead atoms. The first-order valence-electron chi connectivity index (χ1n) is 5.86. The second-order valence-corrected chi connectivity index (χ2v) is 3.67. The van der Waals surface area contributed by atoms with Crippen LogP contribution in [0.3, 0.4) is 0 Å². The van der Waals surface area contributed by atoms with Crippen LogP contribution in [0.25, 0.3) is 0 Å². The Kier molecular flexibility index (Phi) is 6.77. The highest BCUT2D eigenvalue weighted by Gasteiger charge is 1.98. The third-order valence-corrected chi connectivity index (χ3v) is 2.37. The first-order chi connectivity index (χ1) is 7.84. The zero-order valence-corrected chi connectivity index (χ0v) is 9.84. The highest BCUT2D eigenvalue weighted by Crippen LogP contribution is 2.05. The Hall–Kier alpha value is -0.930. The molecule has 1 aromatic rings. The lowest BCUT2D eigenvalue weighted by atomic mass is 10.2. The van der Waals surface area contributed by atoms with E-state index in [1.54, 1.807) is 6.07 Å². The van der Waals surface area contributed by atoms with E-state index >= 15 is 0 Å². The predicted molar refractivity (Wildman–Crippen MR) is 63.8 cm³/mol. The van der Waals surface area contributed by atoms with Gasteiger partial charge >= 0.3 is 0 Å². The molecule has 0 spiro atoms. The van der Waals surface area contributed by atoms with Crippen molar-refractivity contribution in [1.82, 2.24) is 5.32 Å². The first kappa shape index (κ1) is 13.1. The monoisotopic (exact) mass is 225 g/mol. The standard InChI is InChI=1S/C13H20FNO/c1-2-16-10-6-5-9-15-11-12-7-3-4-8-13(12)14/h3-4,7-8,15H,2,5-6,9-11H2,1H3. The summed E-state index contributed by atoms with van der Waals surface area (Å²) in [5.74, 6) is -0.135. The first-order valence-corrected chi connectivity index (χ1v) is 5.86. The fraction of sp³-hybridized carbons (Fsp3) is 0.538. The van der Waals surface area contributed by atoms with Crippen molar-refractivity contribution >= 4 is 0 Å². The van der Waals surface area contributed by atoms with Gasteiger partial charge in [-0.15, -0.1) is 0 Å². The molecule has 2 nitrogen and oxygen atoms in total. The third-order valence-electron chi connectivity index (χ3n) is 2.37. The van der Waals surface area contributed by atoms with Crippen molar-refractivity contribution in [3.63, 3.8) is 0 Å². The maximum absolute atomic E-state index is 13.2. The van der Waals surface area contributed by atoms with E-state index in [0.717, 1.165) is 38.2 Å². The summed E-state index contributed by atoms with van der Waals surface area (Å²) in [6.45, 7) is 5.10. The summed E-state index contributed by atoms with van der Waals surface area (Å²) in [7, 11) is 0. The normalized spacial score (nSPS) is 10.6. The van der Waals surface area contributed by atoms with Gasteiger partial charge in [-0.3, -0.25) is 0 Å². The molecule has 0 aromatic heterocycles. The van der Waals surface area contributed by atoms with Crippen LogP contribution < -0.4 is 5.32 Å². The van der Waals surface area contributed by atoms with E-state index in [1.807, 2.05) is 19.1 Å². The van der Waals surface area contributed by atoms with Gasteiger partial charge in [0.2, 0.25) is 0 Å². The molecule has 0 saturated heterocycles. The topological polar surface area (TPSA) is 21.3 Å². The summed E-state index contributed by atoms with van der Waals surface area (Å²) < 4.78 is 18.4. The summed E-state index contributed by atoms with van der Waals surface area (Å²) >= 11 is 0. The van der Waals surface area contributed by atoms with Gasteiger partial charge in [0.05, 0.1) is 0 Å². The van der Waals surface area contributed by atoms with Crippen molar-refractivity contribution in [2.75, 3.05) is 19.8 Å². The second kappa shape index (κ2) is 8.25. The lowest BCUT2D eigenvalue weighted by Gasteiger charge is -2.05. The molecule has 90 valence electrons. The molecular weight excluding hydrogens is 205 g/mol. The van der Waals surface area contributed by atoms with E-state index < -0.39 is 0 Å². The minimum absolute atomic E-state index is 0.135. The zero-order chi connectivity index (χ0) is 11.6. The fourth-order valence-electron chi connectivity index (χ4n) is 1.46. The Morgan fingerprint density at radius 3 is 2.81 bits per heavy atom. The number of ether oxygens (including phenoxy) is 1. The van der Waals surface area contributed by atoms with Crippen LogP contribution in [0.1, 0.15) is 25.3 Å². The van der Waals surface area contributed by atoms with Gasteiger partial charge in [-0.1, -0.05) is 18.2 Å². The largest absolute Gasteiger partial charge is 0.382 e. The van der Waals surface area contributed by atoms with Gasteiger partial charge in [-0.2, -0.15) is 0 Å². The van der Waals surface area contributed by atoms with Gasteiger partial charge in [0.25, 0.3) is 0 Å². The zero-order valence-electron chi connectivity index (χ0n) is 9.84. The third kappa shape index (κ3) is 5.24. The Bertz CT molecular complexity index is 291. The number of hydrogen-bond acceptors (Lipinski definition) is 2. The lowest BCUT2D eigenvalue weighted by Crippen LogP contribution is -2.16. The SMILES string of the molecule is CCOCCCCNCc1ccccc1F. The summed E-state index contributed by atoms with van der Waals surface area (Å²) in [5, 5.41) is 3.22. The van der Waals surface area contributed by atoms with Crippen LogP contribution in [0.2, 0.25) is 0 Å². The molecule has 0 radical (unpaired) electrons. The van der Waals surface area contributed by atoms with Crippen molar-refractivity contribution in [2.24, 2.45) is 0 Å². The molecule has 0 aliphatic rings. The predicted octanol–water partition coefficient (Wildman–Crippen LogP) is 2.73. The van der Waals surface area contributed by atoms with Crippen molar-refractivity contribution < 1.29 is 9.13 Å². The molecule has 0 heterocycles. The molecule has 1 aromatic carbocycles. The molecule has 0 aliphatic carbocycles. The van der Waals surface area contributed by atoms with Crippen molar-refractivity contribution in [3.8, 4) is 0 Å². The molecule has 0 unspecified atom stereocenters. The van der Waals surface area contributed by atoms with Gasteiger partial charge in [-0.05, 0) is 32.4 Å². The number of hydrogen-bond donors (Lipinski definition) is 1. The van der Waals surface area contributed by atoms with E-state index in [0.29, 0.717) is 6.54 Å². The van der Waals surface area contributed by atoms with Gasteiger partial charge in [-0.25, -0.2) is 4.39 Å².